The molecule has 2 heterocycles. The molecule has 0 aliphatic heterocycles. The lowest BCUT2D eigenvalue weighted by molar-refractivity contribution is 0.340. The van der Waals surface area contributed by atoms with Crippen molar-refractivity contribution in [1.29, 1.82) is 0 Å². The first-order valence-electron chi connectivity index (χ1n) is 8.42. The van der Waals surface area contributed by atoms with Crippen LogP contribution in [0.2, 0.25) is 0 Å². The normalized spacial score (nSPS) is 10.8. The maximum atomic E-state index is 5.54. The van der Waals surface area contributed by atoms with Crippen LogP contribution in [0, 0.1) is 6.92 Å². The van der Waals surface area contributed by atoms with Crippen molar-refractivity contribution in [1.82, 2.24) is 15.1 Å². The van der Waals surface area contributed by atoms with Crippen LogP contribution in [0.5, 0.6) is 5.75 Å². The van der Waals surface area contributed by atoms with Crippen LogP contribution in [0.1, 0.15) is 12.5 Å². The van der Waals surface area contributed by atoms with Crippen molar-refractivity contribution in [3.05, 3.63) is 60.4 Å². The molecule has 1 N–H and O–H groups in total. The fourth-order valence-corrected chi connectivity index (χ4v) is 2.69. The van der Waals surface area contributed by atoms with E-state index < -0.39 is 0 Å². The second kappa shape index (κ2) is 6.84. The van der Waals surface area contributed by atoms with Gasteiger partial charge >= 0.3 is 0 Å². The van der Waals surface area contributed by atoms with Crippen molar-refractivity contribution in [3.8, 4) is 17.0 Å². The van der Waals surface area contributed by atoms with Gasteiger partial charge in [0.1, 0.15) is 23.3 Å². The summed E-state index contributed by atoms with van der Waals surface area (Å²) in [6.45, 7) is 4.64. The van der Waals surface area contributed by atoms with Crippen LogP contribution >= 0.6 is 0 Å². The molecule has 2 aromatic carbocycles. The van der Waals surface area contributed by atoms with Crippen molar-refractivity contribution in [2.24, 2.45) is 0 Å². The average molecular weight is 346 g/mol. The topological polar surface area (TPSA) is 73.1 Å². The molecule has 0 aliphatic rings. The zero-order chi connectivity index (χ0) is 17.9. The Labute approximate surface area is 150 Å². The number of ether oxygens (including phenoxy) is 1. The third kappa shape index (κ3) is 3.09. The molecule has 0 atom stereocenters. The summed E-state index contributed by atoms with van der Waals surface area (Å²) in [6, 6.07) is 15.8. The van der Waals surface area contributed by atoms with E-state index in [4.69, 9.17) is 9.26 Å². The van der Waals surface area contributed by atoms with E-state index in [9.17, 15) is 0 Å². The minimum Gasteiger partial charge on any atom is -0.494 e. The summed E-state index contributed by atoms with van der Waals surface area (Å²) < 4.78 is 11.0. The molecule has 4 rings (SSSR count). The highest BCUT2D eigenvalue weighted by molar-refractivity contribution is 5.94. The lowest BCUT2D eigenvalue weighted by Crippen LogP contribution is -1.96. The standard InChI is InChI=1S/C20H18N4O2/c1-3-25-16-10-8-15(9-11-16)23-20-19-18(21-12-22-20)17(24-26-19)14-6-4-13(2)5-7-14/h4-12H,3H2,1-2H3,(H,21,22,23). The summed E-state index contributed by atoms with van der Waals surface area (Å²) in [5.74, 6) is 1.40. The minimum atomic E-state index is 0.525. The van der Waals surface area contributed by atoms with Gasteiger partial charge in [-0.1, -0.05) is 35.0 Å². The van der Waals surface area contributed by atoms with Crippen LogP contribution in [0.3, 0.4) is 0 Å². The predicted molar refractivity (Wildman–Crippen MR) is 101 cm³/mol. The second-order valence-electron chi connectivity index (χ2n) is 5.88. The van der Waals surface area contributed by atoms with Gasteiger partial charge in [0.05, 0.1) is 6.61 Å². The fourth-order valence-electron chi connectivity index (χ4n) is 2.69. The molecule has 0 saturated carbocycles. The number of fused-ring (bicyclic) bond motifs is 1. The Morgan fingerprint density at radius 2 is 1.77 bits per heavy atom. The maximum Gasteiger partial charge on any atom is 0.228 e. The van der Waals surface area contributed by atoms with E-state index in [-0.39, 0.29) is 0 Å². The SMILES string of the molecule is CCOc1ccc(Nc2ncnc3c(-c4ccc(C)cc4)noc23)cc1. The Balaban J connectivity index is 1.67. The van der Waals surface area contributed by atoms with Crippen LogP contribution in [0.4, 0.5) is 11.5 Å². The molecular formula is C20H18N4O2. The molecule has 0 amide bonds. The molecular weight excluding hydrogens is 328 g/mol. The number of hydrogen-bond acceptors (Lipinski definition) is 6. The highest BCUT2D eigenvalue weighted by Gasteiger charge is 2.16. The summed E-state index contributed by atoms with van der Waals surface area (Å²) in [6.07, 6.45) is 1.51. The largest absolute Gasteiger partial charge is 0.494 e. The number of anilines is 2. The van der Waals surface area contributed by atoms with Gasteiger partial charge in [-0.3, -0.25) is 0 Å². The van der Waals surface area contributed by atoms with Crippen LogP contribution in [0.25, 0.3) is 22.4 Å². The maximum absolute atomic E-state index is 5.54. The third-order valence-electron chi connectivity index (χ3n) is 4.01. The molecule has 4 aromatic rings. The molecule has 6 heteroatoms. The van der Waals surface area contributed by atoms with Gasteiger partial charge in [0.25, 0.3) is 0 Å². The number of rotatable bonds is 5. The molecule has 0 saturated heterocycles. The second-order valence-corrected chi connectivity index (χ2v) is 5.88. The molecule has 26 heavy (non-hydrogen) atoms. The fraction of sp³-hybridized carbons (Fsp3) is 0.150. The van der Waals surface area contributed by atoms with Gasteiger partial charge < -0.3 is 14.6 Å². The van der Waals surface area contributed by atoms with Crippen LogP contribution in [-0.4, -0.2) is 21.7 Å². The molecule has 6 nitrogen and oxygen atoms in total. The number of aryl methyl sites for hydroxylation is 1. The van der Waals surface area contributed by atoms with Gasteiger partial charge in [0.2, 0.25) is 5.58 Å². The van der Waals surface area contributed by atoms with E-state index >= 15 is 0 Å². The molecule has 0 radical (unpaired) electrons. The number of benzene rings is 2. The van der Waals surface area contributed by atoms with Crippen molar-refractivity contribution in [3.63, 3.8) is 0 Å². The zero-order valence-corrected chi connectivity index (χ0v) is 14.6. The van der Waals surface area contributed by atoms with Crippen molar-refractivity contribution in [2.45, 2.75) is 13.8 Å². The molecule has 0 bridgehead atoms. The molecule has 2 aromatic heterocycles. The van der Waals surface area contributed by atoms with Gasteiger partial charge in [0, 0.05) is 11.3 Å². The van der Waals surface area contributed by atoms with E-state index in [1.165, 1.54) is 11.9 Å². The van der Waals surface area contributed by atoms with Gasteiger partial charge in [-0.15, -0.1) is 0 Å². The summed E-state index contributed by atoms with van der Waals surface area (Å²) in [4.78, 5) is 8.65. The Bertz CT molecular complexity index is 1020. The van der Waals surface area contributed by atoms with E-state index in [2.05, 4.69) is 20.4 Å². The predicted octanol–water partition coefficient (Wildman–Crippen LogP) is 4.74. The molecule has 0 aliphatic carbocycles. The summed E-state index contributed by atoms with van der Waals surface area (Å²) in [5.41, 5.74) is 4.93. The highest BCUT2D eigenvalue weighted by Crippen LogP contribution is 2.31. The van der Waals surface area contributed by atoms with Gasteiger partial charge in [0.15, 0.2) is 5.82 Å². The van der Waals surface area contributed by atoms with E-state index in [1.54, 1.807) is 0 Å². The number of hydrogen-bond donors (Lipinski definition) is 1. The summed E-state index contributed by atoms with van der Waals surface area (Å²) >= 11 is 0. The molecule has 0 spiro atoms. The molecule has 0 unspecified atom stereocenters. The zero-order valence-electron chi connectivity index (χ0n) is 14.6. The van der Waals surface area contributed by atoms with E-state index in [0.717, 1.165) is 17.0 Å². The first kappa shape index (κ1) is 16.1. The van der Waals surface area contributed by atoms with Crippen LogP contribution < -0.4 is 10.1 Å². The van der Waals surface area contributed by atoms with Gasteiger partial charge in [-0.05, 0) is 38.1 Å². The first-order chi connectivity index (χ1) is 12.7. The van der Waals surface area contributed by atoms with E-state index in [0.29, 0.717) is 29.2 Å². The Hall–Kier alpha value is -3.41. The average Bonchev–Trinajstić information content (AvgIpc) is 3.09. The lowest BCUT2D eigenvalue weighted by atomic mass is 10.1. The highest BCUT2D eigenvalue weighted by atomic mass is 16.5. The molecule has 0 fully saturated rings. The van der Waals surface area contributed by atoms with Crippen molar-refractivity contribution in [2.75, 3.05) is 11.9 Å². The van der Waals surface area contributed by atoms with Gasteiger partial charge in [-0.2, -0.15) is 0 Å². The quantitative estimate of drug-likeness (QED) is 0.563. The lowest BCUT2D eigenvalue weighted by Gasteiger charge is -2.07. The van der Waals surface area contributed by atoms with Crippen LogP contribution in [-0.2, 0) is 0 Å². The van der Waals surface area contributed by atoms with Crippen molar-refractivity contribution >= 4 is 22.6 Å². The Kier molecular flexibility index (Phi) is 4.23. The third-order valence-corrected chi connectivity index (χ3v) is 4.01. The number of aromatic nitrogens is 3. The molecule has 130 valence electrons. The first-order valence-corrected chi connectivity index (χ1v) is 8.42. The summed E-state index contributed by atoms with van der Waals surface area (Å²) in [5, 5.41) is 7.45. The Morgan fingerprint density at radius 1 is 1.00 bits per heavy atom. The minimum absolute atomic E-state index is 0.525. The number of nitrogens with zero attached hydrogens (tertiary/aromatic N) is 3. The monoisotopic (exact) mass is 346 g/mol. The van der Waals surface area contributed by atoms with E-state index in [1.807, 2.05) is 62.4 Å². The number of nitrogens with one attached hydrogen (secondary N) is 1. The summed E-state index contributed by atoms with van der Waals surface area (Å²) in [7, 11) is 0. The Morgan fingerprint density at radius 3 is 2.50 bits per heavy atom. The van der Waals surface area contributed by atoms with Crippen LogP contribution in [0.15, 0.2) is 59.4 Å². The van der Waals surface area contributed by atoms with Crippen molar-refractivity contribution < 1.29 is 9.26 Å². The van der Waals surface area contributed by atoms with Gasteiger partial charge in [-0.25, -0.2) is 9.97 Å². The smallest absolute Gasteiger partial charge is 0.228 e.